The minimum Gasteiger partial charge on any atom is -0.378 e. The molecule has 1 aromatic carbocycles. The number of carbonyl (C=O) groups excluding carboxylic acids is 1. The predicted molar refractivity (Wildman–Crippen MR) is 127 cm³/mol. The quantitative estimate of drug-likeness (QED) is 0.648. The van der Waals surface area contributed by atoms with Gasteiger partial charge in [-0.3, -0.25) is 9.69 Å². The van der Waals surface area contributed by atoms with E-state index in [1.54, 1.807) is 0 Å². The number of nitrogens with two attached hydrogens (primary N) is 1. The van der Waals surface area contributed by atoms with Crippen molar-refractivity contribution in [3.8, 4) is 0 Å². The van der Waals surface area contributed by atoms with Crippen LogP contribution in [0.15, 0.2) is 24.3 Å². The van der Waals surface area contributed by atoms with Crippen molar-refractivity contribution in [2.45, 2.75) is 71.7 Å². The topological polar surface area (TPSA) is 67.6 Å². The summed E-state index contributed by atoms with van der Waals surface area (Å²) >= 11 is 0. The highest BCUT2D eigenvalue weighted by atomic mass is 35.5. The molecule has 1 aromatic rings. The Morgan fingerprint density at radius 3 is 2.43 bits per heavy atom. The van der Waals surface area contributed by atoms with Crippen LogP contribution in [-0.4, -0.2) is 42.1 Å². The second-order valence-corrected chi connectivity index (χ2v) is 9.32. The third-order valence-electron chi connectivity index (χ3n) is 6.86. The summed E-state index contributed by atoms with van der Waals surface area (Å²) in [7, 11) is 0. The molecule has 0 radical (unpaired) electrons. The van der Waals surface area contributed by atoms with E-state index in [-0.39, 0.29) is 42.2 Å². The van der Waals surface area contributed by atoms with Crippen molar-refractivity contribution in [3.63, 3.8) is 0 Å². The van der Waals surface area contributed by atoms with Crippen LogP contribution in [0.2, 0.25) is 0 Å². The molecule has 172 valence electrons. The largest absolute Gasteiger partial charge is 0.378 e. The Balaban J connectivity index is 0.00000225. The molecular formula is C23H39Cl2N3O2. The van der Waals surface area contributed by atoms with Gasteiger partial charge in [-0.25, -0.2) is 0 Å². The van der Waals surface area contributed by atoms with Crippen LogP contribution in [0.25, 0.3) is 0 Å². The lowest BCUT2D eigenvalue weighted by Gasteiger charge is -2.57. The summed E-state index contributed by atoms with van der Waals surface area (Å²) in [4.78, 5) is 15.3. The van der Waals surface area contributed by atoms with Crippen molar-refractivity contribution in [3.05, 3.63) is 35.4 Å². The van der Waals surface area contributed by atoms with Gasteiger partial charge in [0.2, 0.25) is 5.91 Å². The number of rotatable bonds is 7. The second-order valence-electron chi connectivity index (χ2n) is 9.32. The van der Waals surface area contributed by atoms with Gasteiger partial charge in [0.25, 0.3) is 0 Å². The zero-order valence-electron chi connectivity index (χ0n) is 18.8. The lowest BCUT2D eigenvalue weighted by atomic mass is 9.54. The molecule has 1 aliphatic heterocycles. The first-order valence-corrected chi connectivity index (χ1v) is 10.7. The van der Waals surface area contributed by atoms with Gasteiger partial charge in [0.15, 0.2) is 0 Å². The van der Waals surface area contributed by atoms with Crippen LogP contribution < -0.4 is 11.1 Å². The van der Waals surface area contributed by atoms with Crippen LogP contribution in [0.1, 0.15) is 58.1 Å². The molecule has 1 saturated heterocycles. The third kappa shape index (κ3) is 5.68. The van der Waals surface area contributed by atoms with Gasteiger partial charge in [-0.2, -0.15) is 0 Å². The number of halogens is 2. The molecule has 1 heterocycles. The number of hydrogen-bond acceptors (Lipinski definition) is 4. The van der Waals surface area contributed by atoms with E-state index in [4.69, 9.17) is 10.5 Å². The van der Waals surface area contributed by atoms with Gasteiger partial charge in [-0.15, -0.1) is 24.8 Å². The summed E-state index contributed by atoms with van der Waals surface area (Å²) < 4.78 is 5.72. The monoisotopic (exact) mass is 459 g/mol. The van der Waals surface area contributed by atoms with Crippen LogP contribution in [0.5, 0.6) is 0 Å². The smallest absolute Gasteiger partial charge is 0.241 e. The van der Waals surface area contributed by atoms with E-state index in [9.17, 15) is 4.79 Å². The molecule has 3 unspecified atom stereocenters. The lowest BCUT2D eigenvalue weighted by molar-refractivity contribution is -0.170. The van der Waals surface area contributed by atoms with Crippen molar-refractivity contribution in [1.29, 1.82) is 0 Å². The number of benzene rings is 1. The fourth-order valence-electron chi connectivity index (χ4n) is 4.61. The van der Waals surface area contributed by atoms with E-state index in [1.807, 2.05) is 20.8 Å². The maximum absolute atomic E-state index is 12.7. The van der Waals surface area contributed by atoms with Gasteiger partial charge in [-0.1, -0.05) is 45.0 Å². The van der Waals surface area contributed by atoms with Crippen LogP contribution in [0.4, 0.5) is 0 Å². The molecule has 5 nitrogen and oxygen atoms in total. The average Bonchev–Trinajstić information content (AvgIpc) is 2.67. The van der Waals surface area contributed by atoms with E-state index in [1.165, 1.54) is 31.5 Å². The molecule has 1 saturated carbocycles. The minimum absolute atomic E-state index is 0. The number of hydrogen-bond donors (Lipinski definition) is 2. The Kier molecular flexibility index (Phi) is 10.1. The molecule has 3 N–H and O–H groups in total. The number of piperidine rings is 1. The van der Waals surface area contributed by atoms with Gasteiger partial charge < -0.3 is 15.8 Å². The first-order chi connectivity index (χ1) is 13.3. The maximum Gasteiger partial charge on any atom is 0.241 e. The van der Waals surface area contributed by atoms with Gasteiger partial charge in [0.05, 0.1) is 6.10 Å². The molecule has 3 rings (SSSR count). The Hall–Kier alpha value is -0.850. The number of nitrogens with one attached hydrogen (secondary N) is 1. The van der Waals surface area contributed by atoms with E-state index in [2.05, 4.69) is 41.4 Å². The van der Waals surface area contributed by atoms with Crippen molar-refractivity contribution in [2.24, 2.45) is 17.1 Å². The molecule has 7 heteroatoms. The predicted octanol–water partition coefficient (Wildman–Crippen LogP) is 3.91. The Morgan fingerprint density at radius 2 is 1.87 bits per heavy atom. The summed E-state index contributed by atoms with van der Waals surface area (Å²) in [5, 5.41) is 3.04. The summed E-state index contributed by atoms with van der Waals surface area (Å²) in [6.07, 6.45) is 3.27. The van der Waals surface area contributed by atoms with E-state index >= 15 is 0 Å². The summed E-state index contributed by atoms with van der Waals surface area (Å²) in [6.45, 7) is 12.9. The van der Waals surface area contributed by atoms with Crippen molar-refractivity contribution in [1.82, 2.24) is 10.2 Å². The molecule has 30 heavy (non-hydrogen) atoms. The van der Waals surface area contributed by atoms with Crippen molar-refractivity contribution in [2.75, 3.05) is 19.7 Å². The molecule has 0 bridgehead atoms. The average molecular weight is 460 g/mol. The SMILES string of the molecule is CCOC1CC(N)(C(=O)NCc2ccc(CN3CCCC(C)C3)cc2)C1(C)C.Cl.Cl. The van der Waals surface area contributed by atoms with Crippen LogP contribution in [0.3, 0.4) is 0 Å². The van der Waals surface area contributed by atoms with Gasteiger partial charge in [-0.05, 0) is 43.4 Å². The van der Waals surface area contributed by atoms with Crippen LogP contribution >= 0.6 is 24.8 Å². The van der Waals surface area contributed by atoms with Crippen molar-refractivity contribution >= 4 is 30.7 Å². The zero-order valence-corrected chi connectivity index (χ0v) is 20.4. The molecule has 3 atom stereocenters. The Labute approximate surface area is 194 Å². The number of ether oxygens (including phenoxy) is 1. The summed E-state index contributed by atoms with van der Waals surface area (Å²) in [5.41, 5.74) is 7.66. The highest BCUT2D eigenvalue weighted by Crippen LogP contribution is 2.49. The highest BCUT2D eigenvalue weighted by Gasteiger charge is 2.62. The second kappa shape index (κ2) is 11.1. The number of likely N-dealkylation sites (tertiary alicyclic amines) is 1. The fourth-order valence-corrected chi connectivity index (χ4v) is 4.61. The molecular weight excluding hydrogens is 421 g/mol. The number of carbonyl (C=O) groups is 1. The molecule has 2 aliphatic rings. The number of amides is 1. The van der Waals surface area contributed by atoms with Crippen LogP contribution in [-0.2, 0) is 22.6 Å². The van der Waals surface area contributed by atoms with Gasteiger partial charge >= 0.3 is 0 Å². The first kappa shape index (κ1) is 27.2. The molecule has 2 fully saturated rings. The zero-order chi connectivity index (χ0) is 20.4. The number of nitrogens with zero attached hydrogens (tertiary/aromatic N) is 1. The highest BCUT2D eigenvalue weighted by molar-refractivity contribution is 5.88. The van der Waals surface area contributed by atoms with Gasteiger partial charge in [0, 0.05) is 38.1 Å². The molecule has 1 amide bonds. The van der Waals surface area contributed by atoms with E-state index in [0.29, 0.717) is 19.6 Å². The van der Waals surface area contributed by atoms with Gasteiger partial charge in [0.1, 0.15) is 5.54 Å². The minimum atomic E-state index is -0.863. The molecule has 0 aromatic heterocycles. The Bertz CT molecular complexity index is 684. The lowest BCUT2D eigenvalue weighted by Crippen LogP contribution is -2.75. The molecule has 0 spiro atoms. The van der Waals surface area contributed by atoms with Crippen LogP contribution in [0, 0.1) is 11.3 Å². The fraction of sp³-hybridized carbons (Fsp3) is 0.696. The summed E-state index contributed by atoms with van der Waals surface area (Å²) in [6, 6.07) is 8.58. The standard InChI is InChI=1S/C23H37N3O2.2ClH/c1-5-28-20-13-23(24,22(20,3)4)21(27)25-14-18-8-10-19(11-9-18)16-26-12-6-7-17(2)15-26;;/h8-11,17,20H,5-7,12-16,24H2,1-4H3,(H,25,27);2*1H. The van der Waals surface area contributed by atoms with E-state index < -0.39 is 5.54 Å². The maximum atomic E-state index is 12.7. The normalized spacial score (nSPS) is 27.9. The third-order valence-corrected chi connectivity index (χ3v) is 6.86. The Morgan fingerprint density at radius 1 is 1.23 bits per heavy atom. The van der Waals surface area contributed by atoms with Crippen molar-refractivity contribution < 1.29 is 9.53 Å². The first-order valence-electron chi connectivity index (χ1n) is 10.7. The van der Waals surface area contributed by atoms with E-state index in [0.717, 1.165) is 18.0 Å². The molecule has 1 aliphatic carbocycles. The summed E-state index contributed by atoms with van der Waals surface area (Å²) in [5.74, 6) is 0.713.